The molecule has 0 aliphatic carbocycles. The second-order valence-electron chi connectivity index (χ2n) is 3.52. The first-order chi connectivity index (χ1) is 8.20. The molecule has 1 aromatic heterocycles. The van der Waals surface area contributed by atoms with Gasteiger partial charge < -0.3 is 0 Å². The SMILES string of the molecule is NNC(Cc1nccs1)c1cc(Cl)ccc1Br. The predicted octanol–water partition coefficient (Wildman–Crippen LogP) is 3.31. The predicted molar refractivity (Wildman–Crippen MR) is 75.0 cm³/mol. The van der Waals surface area contributed by atoms with E-state index in [0.717, 1.165) is 21.5 Å². The van der Waals surface area contributed by atoms with Crippen molar-refractivity contribution in [2.45, 2.75) is 12.5 Å². The molecule has 1 unspecified atom stereocenters. The van der Waals surface area contributed by atoms with Crippen molar-refractivity contribution in [3.8, 4) is 0 Å². The first kappa shape index (κ1) is 13.0. The van der Waals surface area contributed by atoms with Gasteiger partial charge in [0.2, 0.25) is 0 Å². The van der Waals surface area contributed by atoms with Gasteiger partial charge in [0, 0.05) is 27.5 Å². The van der Waals surface area contributed by atoms with Crippen molar-refractivity contribution in [2.75, 3.05) is 0 Å². The third kappa shape index (κ3) is 3.26. The molecule has 0 bridgehead atoms. The fourth-order valence-corrected chi connectivity index (χ4v) is 2.94. The molecule has 0 saturated carbocycles. The minimum Gasteiger partial charge on any atom is -0.271 e. The monoisotopic (exact) mass is 331 g/mol. The molecular weight excluding hydrogens is 322 g/mol. The van der Waals surface area contributed by atoms with E-state index in [-0.39, 0.29) is 6.04 Å². The van der Waals surface area contributed by atoms with Crippen LogP contribution in [0, 0.1) is 0 Å². The van der Waals surface area contributed by atoms with Crippen molar-refractivity contribution in [1.82, 2.24) is 10.4 Å². The Balaban J connectivity index is 2.25. The van der Waals surface area contributed by atoms with Crippen LogP contribution in [-0.4, -0.2) is 4.98 Å². The highest BCUT2D eigenvalue weighted by molar-refractivity contribution is 9.10. The van der Waals surface area contributed by atoms with Crippen LogP contribution in [-0.2, 0) is 6.42 Å². The lowest BCUT2D eigenvalue weighted by Gasteiger charge is -2.16. The summed E-state index contributed by atoms with van der Waals surface area (Å²) in [4.78, 5) is 4.26. The number of halogens is 2. The normalized spacial score (nSPS) is 12.6. The Bertz CT molecular complexity index is 489. The molecule has 2 rings (SSSR count). The summed E-state index contributed by atoms with van der Waals surface area (Å²) in [6, 6.07) is 5.66. The van der Waals surface area contributed by atoms with Gasteiger partial charge in [0.05, 0.1) is 11.0 Å². The van der Waals surface area contributed by atoms with Gasteiger partial charge in [0.15, 0.2) is 0 Å². The minimum absolute atomic E-state index is 0.00535. The molecule has 3 nitrogen and oxygen atoms in total. The quantitative estimate of drug-likeness (QED) is 0.667. The zero-order valence-electron chi connectivity index (χ0n) is 8.86. The summed E-state index contributed by atoms with van der Waals surface area (Å²) < 4.78 is 0.987. The summed E-state index contributed by atoms with van der Waals surface area (Å²) in [5.74, 6) is 5.60. The molecule has 0 amide bonds. The van der Waals surface area contributed by atoms with Crippen LogP contribution in [0.15, 0.2) is 34.2 Å². The fraction of sp³-hybridized carbons (Fsp3) is 0.182. The zero-order valence-corrected chi connectivity index (χ0v) is 12.0. The number of rotatable bonds is 4. The standard InChI is InChI=1S/C11H11BrClN3S/c12-9-2-1-7(13)5-8(9)10(16-14)6-11-15-3-4-17-11/h1-5,10,16H,6,14H2. The van der Waals surface area contributed by atoms with Crippen LogP contribution < -0.4 is 11.3 Å². The van der Waals surface area contributed by atoms with E-state index >= 15 is 0 Å². The Morgan fingerprint density at radius 3 is 3.00 bits per heavy atom. The van der Waals surface area contributed by atoms with Gasteiger partial charge in [-0.25, -0.2) is 4.98 Å². The third-order valence-electron chi connectivity index (χ3n) is 2.40. The summed E-state index contributed by atoms with van der Waals surface area (Å²) in [5, 5.41) is 3.69. The number of hydrazine groups is 1. The van der Waals surface area contributed by atoms with Gasteiger partial charge in [-0.1, -0.05) is 27.5 Å². The van der Waals surface area contributed by atoms with Crippen LogP contribution in [0.1, 0.15) is 16.6 Å². The lowest BCUT2D eigenvalue weighted by atomic mass is 10.0. The lowest BCUT2D eigenvalue weighted by Crippen LogP contribution is -2.29. The van der Waals surface area contributed by atoms with E-state index in [1.165, 1.54) is 0 Å². The molecule has 6 heteroatoms. The van der Waals surface area contributed by atoms with E-state index in [0.29, 0.717) is 5.02 Å². The molecule has 90 valence electrons. The number of nitrogens with two attached hydrogens (primary N) is 1. The van der Waals surface area contributed by atoms with Crippen LogP contribution in [0.4, 0.5) is 0 Å². The number of thiazole rings is 1. The Morgan fingerprint density at radius 2 is 2.35 bits per heavy atom. The molecule has 17 heavy (non-hydrogen) atoms. The molecule has 1 atom stereocenters. The maximum atomic E-state index is 6.00. The average Bonchev–Trinajstić information content (AvgIpc) is 2.82. The van der Waals surface area contributed by atoms with E-state index in [1.807, 2.05) is 23.6 Å². The van der Waals surface area contributed by atoms with Crippen molar-refractivity contribution in [3.05, 3.63) is 49.8 Å². The van der Waals surface area contributed by atoms with Crippen molar-refractivity contribution in [1.29, 1.82) is 0 Å². The summed E-state index contributed by atoms with van der Waals surface area (Å²) in [5.41, 5.74) is 3.84. The summed E-state index contributed by atoms with van der Waals surface area (Å²) >= 11 is 11.1. The zero-order chi connectivity index (χ0) is 12.3. The first-order valence-corrected chi connectivity index (χ1v) is 7.05. The van der Waals surface area contributed by atoms with E-state index in [4.69, 9.17) is 17.4 Å². The Morgan fingerprint density at radius 1 is 1.53 bits per heavy atom. The van der Waals surface area contributed by atoms with Crippen LogP contribution in [0.3, 0.4) is 0 Å². The highest BCUT2D eigenvalue weighted by Crippen LogP contribution is 2.28. The van der Waals surface area contributed by atoms with Crippen molar-refractivity contribution in [2.24, 2.45) is 5.84 Å². The Kier molecular flexibility index (Phi) is 4.53. The summed E-state index contributed by atoms with van der Waals surface area (Å²) in [6.45, 7) is 0. The highest BCUT2D eigenvalue weighted by atomic mass is 79.9. The van der Waals surface area contributed by atoms with Crippen molar-refractivity contribution in [3.63, 3.8) is 0 Å². The smallest absolute Gasteiger partial charge is 0.0944 e. The van der Waals surface area contributed by atoms with E-state index in [2.05, 4.69) is 26.3 Å². The lowest BCUT2D eigenvalue weighted by molar-refractivity contribution is 0.549. The average molecular weight is 333 g/mol. The van der Waals surface area contributed by atoms with E-state index in [1.54, 1.807) is 17.5 Å². The highest BCUT2D eigenvalue weighted by Gasteiger charge is 2.15. The van der Waals surface area contributed by atoms with Gasteiger partial charge >= 0.3 is 0 Å². The number of nitrogens with zero attached hydrogens (tertiary/aromatic N) is 1. The molecule has 3 N–H and O–H groups in total. The number of nitrogens with one attached hydrogen (secondary N) is 1. The maximum Gasteiger partial charge on any atom is 0.0944 e. The molecular formula is C11H11BrClN3S. The molecule has 2 aromatic rings. The number of hydrogen-bond acceptors (Lipinski definition) is 4. The molecule has 0 fully saturated rings. The largest absolute Gasteiger partial charge is 0.271 e. The van der Waals surface area contributed by atoms with Crippen molar-refractivity contribution < 1.29 is 0 Å². The van der Waals surface area contributed by atoms with Gasteiger partial charge in [-0.15, -0.1) is 11.3 Å². The fourth-order valence-electron chi connectivity index (χ4n) is 1.57. The topological polar surface area (TPSA) is 50.9 Å². The summed E-state index contributed by atoms with van der Waals surface area (Å²) in [6.07, 6.45) is 2.54. The molecule has 0 spiro atoms. The Labute approximate surface area is 117 Å². The minimum atomic E-state index is -0.00535. The van der Waals surface area contributed by atoms with Gasteiger partial charge in [-0.05, 0) is 23.8 Å². The van der Waals surface area contributed by atoms with Gasteiger partial charge in [-0.2, -0.15) is 0 Å². The second-order valence-corrected chi connectivity index (χ2v) is 5.78. The van der Waals surface area contributed by atoms with Crippen LogP contribution in [0.5, 0.6) is 0 Å². The molecule has 0 aliphatic rings. The first-order valence-electron chi connectivity index (χ1n) is 5.00. The van der Waals surface area contributed by atoms with Gasteiger partial charge in [0.25, 0.3) is 0 Å². The van der Waals surface area contributed by atoms with Crippen LogP contribution in [0.25, 0.3) is 0 Å². The summed E-state index contributed by atoms with van der Waals surface area (Å²) in [7, 11) is 0. The molecule has 0 saturated heterocycles. The molecule has 0 aliphatic heterocycles. The van der Waals surface area contributed by atoms with E-state index < -0.39 is 0 Å². The Hall–Kier alpha value is -0.460. The third-order valence-corrected chi connectivity index (χ3v) is 4.16. The van der Waals surface area contributed by atoms with Gasteiger partial charge in [-0.3, -0.25) is 11.3 Å². The number of aromatic nitrogens is 1. The van der Waals surface area contributed by atoms with E-state index in [9.17, 15) is 0 Å². The number of hydrogen-bond donors (Lipinski definition) is 2. The molecule has 1 aromatic carbocycles. The van der Waals surface area contributed by atoms with Crippen molar-refractivity contribution >= 4 is 38.9 Å². The second kappa shape index (κ2) is 5.93. The van der Waals surface area contributed by atoms with Crippen LogP contribution in [0.2, 0.25) is 5.02 Å². The van der Waals surface area contributed by atoms with Crippen LogP contribution >= 0.6 is 38.9 Å². The molecule has 0 radical (unpaired) electrons. The van der Waals surface area contributed by atoms with Gasteiger partial charge in [0.1, 0.15) is 0 Å². The maximum absolute atomic E-state index is 6.00. The number of benzene rings is 1. The molecule has 1 heterocycles.